The van der Waals surface area contributed by atoms with Crippen molar-refractivity contribution >= 4 is 27.3 Å². The van der Waals surface area contributed by atoms with Crippen LogP contribution in [-0.4, -0.2) is 23.9 Å². The first-order chi connectivity index (χ1) is 6.58. The van der Waals surface area contributed by atoms with Gasteiger partial charge in [-0.15, -0.1) is 5.10 Å². The second-order valence-corrected chi connectivity index (χ2v) is 5.46. The molecule has 0 aromatic carbocycles. The summed E-state index contributed by atoms with van der Waals surface area (Å²) in [7, 11) is -3.23. The van der Waals surface area contributed by atoms with E-state index >= 15 is 0 Å². The van der Waals surface area contributed by atoms with E-state index in [9.17, 15) is 8.42 Å². The SMILES string of the molecule is O=S(=O)(Nc1cnnc(Cl)c1)C1CC1. The molecule has 1 fully saturated rings. The minimum absolute atomic E-state index is 0.168. The Bertz CT molecular complexity index is 444. The molecule has 1 aromatic heterocycles. The minimum Gasteiger partial charge on any atom is -0.282 e. The van der Waals surface area contributed by atoms with Crippen molar-refractivity contribution in [3.8, 4) is 0 Å². The average Bonchev–Trinajstić information content (AvgIpc) is 2.84. The Balaban J connectivity index is 2.18. The first-order valence-electron chi connectivity index (χ1n) is 4.08. The van der Waals surface area contributed by atoms with Gasteiger partial charge in [0.25, 0.3) is 0 Å². The van der Waals surface area contributed by atoms with Crippen molar-refractivity contribution in [3.05, 3.63) is 17.4 Å². The van der Waals surface area contributed by atoms with Gasteiger partial charge < -0.3 is 0 Å². The van der Waals surface area contributed by atoms with Crippen LogP contribution in [0.15, 0.2) is 12.3 Å². The number of rotatable bonds is 3. The Hall–Kier alpha value is -0.880. The second-order valence-electron chi connectivity index (χ2n) is 3.11. The molecule has 7 heteroatoms. The molecule has 0 aliphatic heterocycles. The fourth-order valence-corrected chi connectivity index (χ4v) is 2.55. The third-order valence-electron chi connectivity index (χ3n) is 1.85. The van der Waals surface area contributed by atoms with Crippen molar-refractivity contribution < 1.29 is 8.42 Å². The van der Waals surface area contributed by atoms with E-state index in [4.69, 9.17) is 11.6 Å². The average molecular weight is 234 g/mol. The van der Waals surface area contributed by atoms with E-state index in [0.29, 0.717) is 5.69 Å². The predicted octanol–water partition coefficient (Wildman–Crippen LogP) is 1.03. The van der Waals surface area contributed by atoms with Gasteiger partial charge in [0.15, 0.2) is 5.15 Å². The van der Waals surface area contributed by atoms with Gasteiger partial charge in [0.1, 0.15) is 0 Å². The minimum atomic E-state index is -3.23. The van der Waals surface area contributed by atoms with Crippen LogP contribution >= 0.6 is 11.6 Å². The number of hydrogen-bond acceptors (Lipinski definition) is 4. The molecule has 1 aliphatic carbocycles. The lowest BCUT2D eigenvalue weighted by atomic mass is 10.5. The van der Waals surface area contributed by atoms with Gasteiger partial charge in [-0.1, -0.05) is 11.6 Å². The van der Waals surface area contributed by atoms with E-state index in [2.05, 4.69) is 14.9 Å². The number of halogens is 1. The lowest BCUT2D eigenvalue weighted by Gasteiger charge is -2.05. The molecule has 0 saturated heterocycles. The molecule has 0 unspecified atom stereocenters. The Morgan fingerprint density at radius 3 is 2.79 bits per heavy atom. The maximum atomic E-state index is 11.5. The molecule has 76 valence electrons. The van der Waals surface area contributed by atoms with Crippen molar-refractivity contribution in [2.24, 2.45) is 0 Å². The molecule has 5 nitrogen and oxygen atoms in total. The highest BCUT2D eigenvalue weighted by Crippen LogP contribution is 2.29. The number of anilines is 1. The van der Waals surface area contributed by atoms with Crippen LogP contribution in [0.4, 0.5) is 5.69 Å². The summed E-state index contributed by atoms with van der Waals surface area (Å²) in [5.41, 5.74) is 0.358. The maximum absolute atomic E-state index is 11.5. The zero-order valence-electron chi connectivity index (χ0n) is 7.14. The Kier molecular flexibility index (Phi) is 2.32. The number of aromatic nitrogens is 2. The Morgan fingerprint density at radius 1 is 1.50 bits per heavy atom. The summed E-state index contributed by atoms with van der Waals surface area (Å²) < 4.78 is 25.3. The first-order valence-corrected chi connectivity index (χ1v) is 6.00. The van der Waals surface area contributed by atoms with Gasteiger partial charge in [-0.2, -0.15) is 5.10 Å². The summed E-state index contributed by atoms with van der Waals surface area (Å²) in [4.78, 5) is 0. The molecule has 0 bridgehead atoms. The van der Waals surface area contributed by atoms with E-state index in [1.54, 1.807) is 0 Å². The topological polar surface area (TPSA) is 72.0 Å². The summed E-state index contributed by atoms with van der Waals surface area (Å²) in [5.74, 6) is 0. The van der Waals surface area contributed by atoms with Crippen LogP contribution < -0.4 is 4.72 Å². The van der Waals surface area contributed by atoms with Gasteiger partial charge in [0, 0.05) is 6.07 Å². The van der Waals surface area contributed by atoms with Crippen LogP contribution in [0, 0.1) is 0 Å². The molecule has 0 spiro atoms. The predicted molar refractivity (Wildman–Crippen MR) is 52.6 cm³/mol. The first kappa shape index (κ1) is 9.67. The molecule has 0 radical (unpaired) electrons. The van der Waals surface area contributed by atoms with Crippen LogP contribution in [0.1, 0.15) is 12.8 Å². The standard InChI is InChI=1S/C7H8ClN3O2S/c8-7-3-5(4-9-10-7)11-14(12,13)6-1-2-6/h3-4,6H,1-2H2,(H,10,11). The molecule has 1 aromatic rings. The van der Waals surface area contributed by atoms with Gasteiger partial charge in [-0.25, -0.2) is 8.42 Å². The fraction of sp³-hybridized carbons (Fsp3) is 0.429. The lowest BCUT2D eigenvalue weighted by Crippen LogP contribution is -2.17. The zero-order valence-corrected chi connectivity index (χ0v) is 8.72. The highest BCUT2D eigenvalue weighted by molar-refractivity contribution is 7.93. The van der Waals surface area contributed by atoms with Gasteiger partial charge in [0.2, 0.25) is 10.0 Å². The second kappa shape index (κ2) is 3.36. The van der Waals surface area contributed by atoms with Crippen molar-refractivity contribution in [2.75, 3.05) is 4.72 Å². The van der Waals surface area contributed by atoms with Crippen molar-refractivity contribution in [1.29, 1.82) is 0 Å². The third-order valence-corrected chi connectivity index (χ3v) is 3.90. The molecule has 1 heterocycles. The maximum Gasteiger partial charge on any atom is 0.235 e. The summed E-state index contributed by atoms with van der Waals surface area (Å²) in [6.07, 6.45) is 2.77. The van der Waals surface area contributed by atoms with Crippen LogP contribution in [0.2, 0.25) is 5.15 Å². The summed E-state index contributed by atoms with van der Waals surface area (Å²) >= 11 is 5.56. The lowest BCUT2D eigenvalue weighted by molar-refractivity contribution is 0.600. The van der Waals surface area contributed by atoms with Gasteiger partial charge in [-0.05, 0) is 12.8 Å². The van der Waals surface area contributed by atoms with Crippen molar-refractivity contribution in [1.82, 2.24) is 10.2 Å². The van der Waals surface area contributed by atoms with Crippen LogP contribution in [0.3, 0.4) is 0 Å². The Morgan fingerprint density at radius 2 is 2.21 bits per heavy atom. The largest absolute Gasteiger partial charge is 0.282 e. The van der Waals surface area contributed by atoms with Crippen LogP contribution in [0.5, 0.6) is 0 Å². The zero-order chi connectivity index (χ0) is 10.2. The van der Waals surface area contributed by atoms with Gasteiger partial charge in [-0.3, -0.25) is 4.72 Å². The fourth-order valence-electron chi connectivity index (χ4n) is 1.02. The number of nitrogens with one attached hydrogen (secondary N) is 1. The van der Waals surface area contributed by atoms with Crippen LogP contribution in [-0.2, 0) is 10.0 Å². The molecule has 1 aliphatic rings. The highest BCUT2D eigenvalue weighted by Gasteiger charge is 2.35. The summed E-state index contributed by atoms with van der Waals surface area (Å²) in [5, 5.41) is 6.96. The number of sulfonamides is 1. The Labute approximate surface area is 86.5 Å². The summed E-state index contributed by atoms with van der Waals surface area (Å²) in [6, 6.07) is 1.43. The van der Waals surface area contributed by atoms with E-state index in [1.165, 1.54) is 12.3 Å². The van der Waals surface area contributed by atoms with Crippen molar-refractivity contribution in [2.45, 2.75) is 18.1 Å². The molecule has 1 N–H and O–H groups in total. The monoisotopic (exact) mass is 233 g/mol. The smallest absolute Gasteiger partial charge is 0.235 e. The number of hydrogen-bond donors (Lipinski definition) is 1. The molecular formula is C7H8ClN3O2S. The van der Waals surface area contributed by atoms with Crippen LogP contribution in [0.25, 0.3) is 0 Å². The highest BCUT2D eigenvalue weighted by atomic mass is 35.5. The quantitative estimate of drug-likeness (QED) is 0.847. The molecule has 0 amide bonds. The molecule has 1 saturated carbocycles. The van der Waals surface area contributed by atoms with Crippen molar-refractivity contribution in [3.63, 3.8) is 0 Å². The third kappa shape index (κ3) is 2.13. The normalized spacial score (nSPS) is 16.6. The molecule has 0 atom stereocenters. The van der Waals surface area contributed by atoms with Gasteiger partial charge >= 0.3 is 0 Å². The van der Waals surface area contributed by atoms with E-state index in [-0.39, 0.29) is 10.4 Å². The molecule has 14 heavy (non-hydrogen) atoms. The molecule has 2 rings (SSSR count). The van der Waals surface area contributed by atoms with E-state index < -0.39 is 10.0 Å². The van der Waals surface area contributed by atoms with E-state index in [1.807, 2.05) is 0 Å². The number of nitrogens with zero attached hydrogens (tertiary/aromatic N) is 2. The van der Waals surface area contributed by atoms with Gasteiger partial charge in [0.05, 0.1) is 17.1 Å². The summed E-state index contributed by atoms with van der Waals surface area (Å²) in [6.45, 7) is 0. The van der Waals surface area contributed by atoms with E-state index in [0.717, 1.165) is 12.8 Å². The molecular weight excluding hydrogens is 226 g/mol.